The maximum absolute atomic E-state index is 13.1. The lowest BCUT2D eigenvalue weighted by molar-refractivity contribution is -0.213. The van der Waals surface area contributed by atoms with Crippen molar-refractivity contribution < 1.29 is 18.0 Å². The molecule has 1 aromatic heterocycles. The molecule has 0 aliphatic carbocycles. The Labute approximate surface area is 112 Å². The van der Waals surface area contributed by atoms with Gasteiger partial charge in [0.15, 0.2) is 10.6 Å². The van der Waals surface area contributed by atoms with Crippen LogP contribution in [0.5, 0.6) is 0 Å². The summed E-state index contributed by atoms with van der Waals surface area (Å²) in [5, 5.41) is 4.74. The molecule has 2 rings (SSSR count). The number of alkyl halides is 3. The van der Waals surface area contributed by atoms with Gasteiger partial charge in [-0.1, -0.05) is 11.6 Å². The number of amides is 1. The Morgan fingerprint density at radius 3 is 2.79 bits per heavy atom. The second-order valence-electron chi connectivity index (χ2n) is 4.30. The first kappa shape index (κ1) is 14.1. The van der Waals surface area contributed by atoms with E-state index in [2.05, 4.69) is 15.6 Å². The predicted molar refractivity (Wildman–Crippen MR) is 63.9 cm³/mol. The van der Waals surface area contributed by atoms with Gasteiger partial charge in [0.05, 0.1) is 5.69 Å². The van der Waals surface area contributed by atoms with E-state index < -0.39 is 24.0 Å². The van der Waals surface area contributed by atoms with E-state index in [1.807, 2.05) is 0 Å². The van der Waals surface area contributed by atoms with Gasteiger partial charge in [0.2, 0.25) is 5.91 Å². The maximum atomic E-state index is 13.1. The van der Waals surface area contributed by atoms with Gasteiger partial charge in [-0.25, -0.2) is 4.98 Å². The van der Waals surface area contributed by atoms with Crippen LogP contribution in [0.2, 0.25) is 5.15 Å². The number of halogens is 4. The first-order valence-electron chi connectivity index (χ1n) is 5.56. The molecule has 1 saturated heterocycles. The topological polar surface area (TPSA) is 54.0 Å². The monoisotopic (exact) mass is 293 g/mol. The number of aromatic nitrogens is 1. The molecule has 2 heterocycles. The highest BCUT2D eigenvalue weighted by Crippen LogP contribution is 2.44. The SMILES string of the molecule is O=C(Nc1cccnc1Cl)C1(C(F)(F)F)CCNC1. The van der Waals surface area contributed by atoms with Gasteiger partial charge in [-0.15, -0.1) is 0 Å². The number of anilines is 1. The summed E-state index contributed by atoms with van der Waals surface area (Å²) in [6, 6.07) is 2.88. The number of hydrogen-bond donors (Lipinski definition) is 2. The third-order valence-corrected chi connectivity index (χ3v) is 3.44. The van der Waals surface area contributed by atoms with E-state index >= 15 is 0 Å². The van der Waals surface area contributed by atoms with E-state index in [-0.39, 0.29) is 23.8 Å². The standard InChI is InChI=1S/C11H11ClF3N3O/c12-8-7(2-1-4-17-8)18-9(19)10(11(13,14)15)3-5-16-6-10/h1-2,4,16H,3,5-6H2,(H,18,19). The number of nitrogens with one attached hydrogen (secondary N) is 2. The summed E-state index contributed by atoms with van der Waals surface area (Å²) in [6.45, 7) is -0.284. The van der Waals surface area contributed by atoms with E-state index in [4.69, 9.17) is 11.6 Å². The Kier molecular flexibility index (Phi) is 3.69. The van der Waals surface area contributed by atoms with E-state index in [1.54, 1.807) is 0 Å². The number of rotatable bonds is 2. The Balaban J connectivity index is 2.25. The predicted octanol–water partition coefficient (Wildman–Crippen LogP) is 2.22. The Bertz CT molecular complexity index is 486. The van der Waals surface area contributed by atoms with Gasteiger partial charge in [0.25, 0.3) is 0 Å². The van der Waals surface area contributed by atoms with Gasteiger partial charge in [0, 0.05) is 12.7 Å². The summed E-state index contributed by atoms with van der Waals surface area (Å²) in [7, 11) is 0. The van der Waals surface area contributed by atoms with Gasteiger partial charge in [-0.05, 0) is 25.1 Å². The lowest BCUT2D eigenvalue weighted by atomic mass is 9.85. The smallest absolute Gasteiger partial charge is 0.323 e. The summed E-state index contributed by atoms with van der Waals surface area (Å²) in [6.07, 6.45) is -3.52. The molecule has 104 valence electrons. The zero-order valence-electron chi connectivity index (χ0n) is 9.72. The highest BCUT2D eigenvalue weighted by atomic mass is 35.5. The van der Waals surface area contributed by atoms with Crippen molar-refractivity contribution in [2.75, 3.05) is 18.4 Å². The lowest BCUT2D eigenvalue weighted by Gasteiger charge is -2.29. The molecule has 1 atom stereocenters. The van der Waals surface area contributed by atoms with Crippen LogP contribution in [-0.2, 0) is 4.79 Å². The minimum atomic E-state index is -4.62. The van der Waals surface area contributed by atoms with Crippen molar-refractivity contribution in [1.82, 2.24) is 10.3 Å². The largest absolute Gasteiger partial charge is 0.404 e. The summed E-state index contributed by atoms with van der Waals surface area (Å²) in [5.74, 6) is -1.11. The summed E-state index contributed by atoms with van der Waals surface area (Å²) in [4.78, 5) is 15.7. The first-order chi connectivity index (χ1) is 8.87. The van der Waals surface area contributed by atoms with E-state index in [9.17, 15) is 18.0 Å². The van der Waals surface area contributed by atoms with Crippen molar-refractivity contribution in [3.63, 3.8) is 0 Å². The molecule has 0 radical (unpaired) electrons. The second-order valence-corrected chi connectivity index (χ2v) is 4.66. The number of hydrogen-bond acceptors (Lipinski definition) is 3. The van der Waals surface area contributed by atoms with Crippen molar-refractivity contribution in [1.29, 1.82) is 0 Å². The van der Waals surface area contributed by atoms with Crippen LogP contribution in [0.3, 0.4) is 0 Å². The highest BCUT2D eigenvalue weighted by molar-refractivity contribution is 6.32. The molecule has 1 fully saturated rings. The molecule has 1 unspecified atom stereocenters. The molecule has 1 amide bonds. The summed E-state index contributed by atoms with van der Waals surface area (Å²) >= 11 is 5.71. The number of carbonyl (C=O) groups is 1. The fourth-order valence-corrected chi connectivity index (χ4v) is 2.14. The Hall–Kier alpha value is -1.34. The minimum Gasteiger partial charge on any atom is -0.323 e. The summed E-state index contributed by atoms with van der Waals surface area (Å²) < 4.78 is 39.4. The molecule has 4 nitrogen and oxygen atoms in total. The molecule has 0 aromatic carbocycles. The van der Waals surface area contributed by atoms with Gasteiger partial charge in [-0.2, -0.15) is 13.2 Å². The molecular weight excluding hydrogens is 283 g/mol. The van der Waals surface area contributed by atoms with E-state index in [0.29, 0.717) is 0 Å². The van der Waals surface area contributed by atoms with Crippen molar-refractivity contribution in [3.8, 4) is 0 Å². The van der Waals surface area contributed by atoms with Crippen molar-refractivity contribution in [2.45, 2.75) is 12.6 Å². The lowest BCUT2D eigenvalue weighted by Crippen LogP contribution is -2.49. The number of carbonyl (C=O) groups excluding carboxylic acids is 1. The van der Waals surface area contributed by atoms with Crippen LogP contribution in [0, 0.1) is 5.41 Å². The quantitative estimate of drug-likeness (QED) is 0.822. The Morgan fingerprint density at radius 1 is 1.53 bits per heavy atom. The van der Waals surface area contributed by atoms with Gasteiger partial charge >= 0.3 is 6.18 Å². The molecule has 8 heteroatoms. The average Bonchev–Trinajstić information content (AvgIpc) is 2.82. The molecule has 1 aliphatic heterocycles. The van der Waals surface area contributed by atoms with E-state index in [1.165, 1.54) is 18.3 Å². The molecule has 1 aliphatic rings. The van der Waals surface area contributed by atoms with Gasteiger partial charge in [-0.3, -0.25) is 4.79 Å². The molecule has 2 N–H and O–H groups in total. The van der Waals surface area contributed by atoms with Crippen LogP contribution < -0.4 is 10.6 Å². The molecule has 19 heavy (non-hydrogen) atoms. The minimum absolute atomic E-state index is 0.0425. The first-order valence-corrected chi connectivity index (χ1v) is 5.94. The van der Waals surface area contributed by atoms with Crippen LogP contribution in [-0.4, -0.2) is 30.2 Å². The molecule has 0 saturated carbocycles. The highest BCUT2D eigenvalue weighted by Gasteiger charge is 2.61. The van der Waals surface area contributed by atoms with Crippen LogP contribution in [0.1, 0.15) is 6.42 Å². The van der Waals surface area contributed by atoms with Crippen LogP contribution in [0.15, 0.2) is 18.3 Å². The van der Waals surface area contributed by atoms with Crippen LogP contribution in [0.25, 0.3) is 0 Å². The Morgan fingerprint density at radius 2 is 2.26 bits per heavy atom. The van der Waals surface area contributed by atoms with Gasteiger partial charge in [0.1, 0.15) is 0 Å². The fraction of sp³-hybridized carbons (Fsp3) is 0.455. The number of nitrogens with zero attached hydrogens (tertiary/aromatic N) is 1. The molecule has 0 bridgehead atoms. The van der Waals surface area contributed by atoms with Crippen LogP contribution >= 0.6 is 11.6 Å². The molecular formula is C11H11ClF3N3O. The zero-order valence-corrected chi connectivity index (χ0v) is 10.5. The second kappa shape index (κ2) is 4.97. The molecule has 0 spiro atoms. The molecule has 1 aromatic rings. The zero-order chi connectivity index (χ0) is 14.1. The fourth-order valence-electron chi connectivity index (χ4n) is 1.98. The number of pyridine rings is 1. The van der Waals surface area contributed by atoms with Gasteiger partial charge < -0.3 is 10.6 Å². The van der Waals surface area contributed by atoms with Crippen molar-refractivity contribution in [3.05, 3.63) is 23.5 Å². The normalized spacial score (nSPS) is 23.4. The average molecular weight is 294 g/mol. The van der Waals surface area contributed by atoms with Crippen molar-refractivity contribution in [2.24, 2.45) is 5.41 Å². The van der Waals surface area contributed by atoms with Crippen LogP contribution in [0.4, 0.5) is 18.9 Å². The summed E-state index contributed by atoms with van der Waals surface area (Å²) in [5.41, 5.74) is -2.34. The van der Waals surface area contributed by atoms with Crippen molar-refractivity contribution >= 4 is 23.2 Å². The third-order valence-electron chi connectivity index (χ3n) is 3.14. The maximum Gasteiger partial charge on any atom is 0.404 e. The third kappa shape index (κ3) is 2.52. The van der Waals surface area contributed by atoms with E-state index in [0.717, 1.165) is 0 Å².